The van der Waals surface area contributed by atoms with Gasteiger partial charge in [-0.3, -0.25) is 14.6 Å². The second-order valence-corrected chi connectivity index (χ2v) is 8.43. The molecule has 0 aliphatic carbocycles. The van der Waals surface area contributed by atoms with Crippen LogP contribution >= 0.6 is 0 Å². The summed E-state index contributed by atoms with van der Waals surface area (Å²) in [5.41, 5.74) is 2.26. The van der Waals surface area contributed by atoms with Gasteiger partial charge in [0.05, 0.1) is 33.6 Å². The molecule has 4 aromatic rings. The number of carbonyl (C=O) groups is 2. The maximum absolute atomic E-state index is 13.7. The molecule has 1 amide bonds. The first-order valence-electron chi connectivity index (χ1n) is 12.2. The van der Waals surface area contributed by atoms with Crippen LogP contribution in [0.2, 0.25) is 0 Å². The van der Waals surface area contributed by atoms with Crippen molar-refractivity contribution in [3.8, 4) is 23.0 Å². The molecule has 38 heavy (non-hydrogen) atoms. The summed E-state index contributed by atoms with van der Waals surface area (Å²) in [5, 5.41) is 4.22. The lowest BCUT2D eigenvalue weighted by atomic mass is 9.98. The van der Waals surface area contributed by atoms with E-state index >= 15 is 0 Å². The Hall–Kier alpha value is -4.59. The van der Waals surface area contributed by atoms with Gasteiger partial charge in [-0.2, -0.15) is 0 Å². The molecular weight excluding hydrogens is 484 g/mol. The fourth-order valence-corrected chi connectivity index (χ4v) is 4.28. The SMILES string of the molecule is CCOc1ccc2c(C(=O)c3cc(OC)c(OC)c(OC)c3)cncc2c1NC(=O)CCc1ccccc1. The van der Waals surface area contributed by atoms with E-state index in [-0.39, 0.29) is 11.7 Å². The summed E-state index contributed by atoms with van der Waals surface area (Å²) >= 11 is 0. The maximum Gasteiger partial charge on any atom is 0.224 e. The molecule has 0 spiro atoms. The van der Waals surface area contributed by atoms with Crippen molar-refractivity contribution in [2.75, 3.05) is 33.3 Å². The number of amides is 1. The molecule has 1 N–H and O–H groups in total. The normalized spacial score (nSPS) is 10.6. The number of aryl methyl sites for hydroxylation is 1. The topological polar surface area (TPSA) is 96.0 Å². The van der Waals surface area contributed by atoms with Crippen molar-refractivity contribution in [3.63, 3.8) is 0 Å². The lowest BCUT2D eigenvalue weighted by molar-refractivity contribution is -0.116. The highest BCUT2D eigenvalue weighted by Crippen LogP contribution is 2.40. The number of ketones is 1. The van der Waals surface area contributed by atoms with Crippen LogP contribution in [0.4, 0.5) is 5.69 Å². The Balaban J connectivity index is 1.72. The van der Waals surface area contributed by atoms with Crippen molar-refractivity contribution in [3.05, 3.63) is 83.7 Å². The van der Waals surface area contributed by atoms with Crippen molar-refractivity contribution in [2.24, 2.45) is 0 Å². The zero-order valence-corrected chi connectivity index (χ0v) is 21.9. The number of nitrogens with zero attached hydrogens (tertiary/aromatic N) is 1. The minimum absolute atomic E-state index is 0.163. The number of anilines is 1. The van der Waals surface area contributed by atoms with E-state index < -0.39 is 0 Å². The number of benzene rings is 3. The number of nitrogens with one attached hydrogen (secondary N) is 1. The third-order valence-corrected chi connectivity index (χ3v) is 6.12. The van der Waals surface area contributed by atoms with Gasteiger partial charge in [-0.15, -0.1) is 0 Å². The predicted octanol–water partition coefficient (Wildman–Crippen LogP) is 5.46. The molecule has 0 bridgehead atoms. The molecule has 0 saturated carbocycles. The molecule has 0 fully saturated rings. The molecule has 0 aliphatic rings. The highest BCUT2D eigenvalue weighted by Gasteiger charge is 2.22. The van der Waals surface area contributed by atoms with Crippen LogP contribution in [0.15, 0.2) is 67.0 Å². The van der Waals surface area contributed by atoms with Gasteiger partial charge in [0.15, 0.2) is 17.3 Å². The number of hydrogen-bond acceptors (Lipinski definition) is 7. The van der Waals surface area contributed by atoms with E-state index in [1.165, 1.54) is 27.5 Å². The minimum atomic E-state index is -0.284. The van der Waals surface area contributed by atoms with Crippen LogP contribution in [0.1, 0.15) is 34.8 Å². The standard InChI is InChI=1S/C30H30N2O6/c1-5-38-24-13-12-21-22(28(24)32-27(33)14-11-19-9-7-6-8-10-19)17-31-18-23(21)29(34)20-15-25(35-2)30(37-4)26(16-20)36-3/h6-10,12-13,15-18H,5,11,14H2,1-4H3,(H,32,33). The van der Waals surface area contributed by atoms with E-state index in [4.69, 9.17) is 18.9 Å². The molecule has 196 valence electrons. The summed E-state index contributed by atoms with van der Waals surface area (Å²) in [5.74, 6) is 1.19. The smallest absolute Gasteiger partial charge is 0.224 e. The zero-order valence-electron chi connectivity index (χ0n) is 21.9. The molecule has 0 unspecified atom stereocenters. The summed E-state index contributed by atoms with van der Waals surface area (Å²) in [6.45, 7) is 2.28. The molecule has 0 atom stereocenters. The summed E-state index contributed by atoms with van der Waals surface area (Å²) in [4.78, 5) is 30.9. The number of methoxy groups -OCH3 is 3. The second-order valence-electron chi connectivity index (χ2n) is 8.43. The molecular formula is C30H30N2O6. The Morgan fingerprint density at radius 1 is 0.842 bits per heavy atom. The van der Waals surface area contributed by atoms with Gasteiger partial charge in [-0.25, -0.2) is 0 Å². The van der Waals surface area contributed by atoms with Crippen LogP contribution in [0.5, 0.6) is 23.0 Å². The van der Waals surface area contributed by atoms with Gasteiger partial charge < -0.3 is 24.3 Å². The van der Waals surface area contributed by atoms with Gasteiger partial charge in [0.2, 0.25) is 11.7 Å². The van der Waals surface area contributed by atoms with E-state index in [9.17, 15) is 9.59 Å². The fraction of sp³-hybridized carbons (Fsp3) is 0.233. The minimum Gasteiger partial charge on any atom is -0.493 e. The quantitative estimate of drug-likeness (QED) is 0.266. The molecule has 0 radical (unpaired) electrons. The number of carbonyl (C=O) groups excluding carboxylic acids is 2. The van der Waals surface area contributed by atoms with Crippen LogP contribution < -0.4 is 24.3 Å². The first-order chi connectivity index (χ1) is 18.5. The van der Waals surface area contributed by atoms with Crippen LogP contribution in [0, 0.1) is 0 Å². The third-order valence-electron chi connectivity index (χ3n) is 6.12. The maximum atomic E-state index is 13.7. The van der Waals surface area contributed by atoms with Crippen molar-refractivity contribution >= 4 is 28.2 Å². The van der Waals surface area contributed by atoms with Gasteiger partial charge in [-0.05, 0) is 48.6 Å². The Kier molecular flexibility index (Phi) is 8.43. The summed E-state index contributed by atoms with van der Waals surface area (Å²) in [6, 6.07) is 16.6. The Bertz CT molecular complexity index is 1430. The third kappa shape index (κ3) is 5.54. The molecule has 8 heteroatoms. The van der Waals surface area contributed by atoms with E-state index in [0.29, 0.717) is 70.0 Å². The van der Waals surface area contributed by atoms with Crippen LogP contribution in [-0.4, -0.2) is 44.6 Å². The lowest BCUT2D eigenvalue weighted by Crippen LogP contribution is -2.14. The summed E-state index contributed by atoms with van der Waals surface area (Å²) in [6.07, 6.45) is 4.03. The fourth-order valence-electron chi connectivity index (χ4n) is 4.28. The molecule has 0 saturated heterocycles. The number of fused-ring (bicyclic) bond motifs is 1. The summed E-state index contributed by atoms with van der Waals surface area (Å²) in [7, 11) is 4.49. The molecule has 8 nitrogen and oxygen atoms in total. The molecule has 0 aliphatic heterocycles. The van der Waals surface area contributed by atoms with Crippen LogP contribution in [0.25, 0.3) is 10.8 Å². The number of aromatic nitrogens is 1. The second kappa shape index (κ2) is 12.1. The molecule has 4 rings (SSSR count). The molecule has 1 heterocycles. The van der Waals surface area contributed by atoms with Crippen molar-refractivity contribution < 1.29 is 28.5 Å². The molecule has 1 aromatic heterocycles. The number of ether oxygens (including phenoxy) is 4. The Morgan fingerprint density at radius 3 is 2.18 bits per heavy atom. The highest BCUT2D eigenvalue weighted by atomic mass is 16.5. The van der Waals surface area contributed by atoms with Gasteiger partial charge >= 0.3 is 0 Å². The Labute approximate surface area is 221 Å². The van der Waals surface area contributed by atoms with Crippen LogP contribution in [-0.2, 0) is 11.2 Å². The zero-order chi connectivity index (χ0) is 27.1. The van der Waals surface area contributed by atoms with Gasteiger partial charge in [-0.1, -0.05) is 30.3 Å². The van der Waals surface area contributed by atoms with E-state index in [0.717, 1.165) is 5.56 Å². The summed E-state index contributed by atoms with van der Waals surface area (Å²) < 4.78 is 22.0. The largest absolute Gasteiger partial charge is 0.493 e. The average Bonchev–Trinajstić information content (AvgIpc) is 2.96. The van der Waals surface area contributed by atoms with Gasteiger partial charge in [0.25, 0.3) is 0 Å². The Morgan fingerprint density at radius 2 is 1.55 bits per heavy atom. The van der Waals surface area contributed by atoms with E-state index in [2.05, 4.69) is 10.3 Å². The van der Waals surface area contributed by atoms with Crippen LogP contribution in [0.3, 0.4) is 0 Å². The predicted molar refractivity (Wildman–Crippen MR) is 146 cm³/mol. The lowest BCUT2D eigenvalue weighted by Gasteiger charge is -2.16. The van der Waals surface area contributed by atoms with Gasteiger partial charge in [0, 0.05) is 35.3 Å². The number of pyridine rings is 1. The average molecular weight is 515 g/mol. The van der Waals surface area contributed by atoms with Gasteiger partial charge in [0.1, 0.15) is 5.75 Å². The first-order valence-corrected chi connectivity index (χ1v) is 12.2. The molecule has 3 aromatic carbocycles. The van der Waals surface area contributed by atoms with Crippen molar-refractivity contribution in [1.29, 1.82) is 0 Å². The van der Waals surface area contributed by atoms with E-state index in [1.807, 2.05) is 37.3 Å². The number of hydrogen-bond donors (Lipinski definition) is 1. The number of rotatable bonds is 11. The van der Waals surface area contributed by atoms with E-state index in [1.54, 1.807) is 30.5 Å². The van der Waals surface area contributed by atoms with Crippen molar-refractivity contribution in [1.82, 2.24) is 4.98 Å². The monoisotopic (exact) mass is 514 g/mol. The van der Waals surface area contributed by atoms with Crippen molar-refractivity contribution in [2.45, 2.75) is 19.8 Å². The highest BCUT2D eigenvalue weighted by molar-refractivity contribution is 6.19. The first kappa shape index (κ1) is 26.5.